The lowest BCUT2D eigenvalue weighted by Gasteiger charge is -2.14. The first-order chi connectivity index (χ1) is 14.9. The Labute approximate surface area is 177 Å². The van der Waals surface area contributed by atoms with E-state index in [1.165, 1.54) is 11.1 Å². The van der Waals surface area contributed by atoms with E-state index in [0.717, 1.165) is 34.9 Å². The van der Waals surface area contributed by atoms with Gasteiger partial charge in [-0.1, -0.05) is 121 Å². The normalized spacial score (nSPS) is 10.8. The van der Waals surface area contributed by atoms with Crippen LogP contribution >= 0.6 is 0 Å². The second kappa shape index (κ2) is 8.22. The summed E-state index contributed by atoms with van der Waals surface area (Å²) in [4.78, 5) is 5.19. The molecule has 0 unspecified atom stereocenters. The zero-order valence-corrected chi connectivity index (χ0v) is 16.6. The Morgan fingerprint density at radius 3 is 1.53 bits per heavy atom. The molecule has 1 aromatic heterocycles. The minimum Gasteiger partial charge on any atom is -0.319 e. The molecule has 5 aromatic rings. The van der Waals surface area contributed by atoms with Gasteiger partial charge in [0.2, 0.25) is 0 Å². The molecular formula is C28H22N2. The molecule has 0 fully saturated rings. The van der Waals surface area contributed by atoms with Crippen LogP contribution < -0.4 is 0 Å². The van der Waals surface area contributed by atoms with E-state index >= 15 is 0 Å². The third kappa shape index (κ3) is 3.56. The van der Waals surface area contributed by atoms with Crippen LogP contribution in [0.15, 0.2) is 121 Å². The van der Waals surface area contributed by atoms with E-state index in [9.17, 15) is 0 Å². The molecule has 0 amide bonds. The maximum absolute atomic E-state index is 5.19. The van der Waals surface area contributed by atoms with Gasteiger partial charge in [0.05, 0.1) is 11.4 Å². The van der Waals surface area contributed by atoms with Gasteiger partial charge in [0.1, 0.15) is 5.82 Å². The molecule has 0 atom stereocenters. The Balaban J connectivity index is 1.80. The van der Waals surface area contributed by atoms with Crippen molar-refractivity contribution in [3.8, 4) is 33.9 Å². The van der Waals surface area contributed by atoms with E-state index in [-0.39, 0.29) is 0 Å². The quantitative estimate of drug-likeness (QED) is 0.320. The molecule has 0 saturated carbocycles. The molecule has 0 aliphatic heterocycles. The predicted molar refractivity (Wildman–Crippen MR) is 124 cm³/mol. The number of aromatic nitrogens is 2. The highest BCUT2D eigenvalue weighted by molar-refractivity contribution is 5.82. The minimum absolute atomic E-state index is 0.759. The first kappa shape index (κ1) is 18.1. The van der Waals surface area contributed by atoms with Gasteiger partial charge < -0.3 is 4.57 Å². The molecule has 4 aromatic carbocycles. The van der Waals surface area contributed by atoms with E-state index in [0.29, 0.717) is 0 Å². The van der Waals surface area contributed by atoms with Gasteiger partial charge in [0, 0.05) is 23.2 Å². The summed E-state index contributed by atoms with van der Waals surface area (Å²) in [5, 5.41) is 0. The molecule has 0 aliphatic carbocycles. The molecule has 144 valence electrons. The highest BCUT2D eigenvalue weighted by Crippen LogP contribution is 2.36. The monoisotopic (exact) mass is 386 g/mol. The number of hydrogen-bond acceptors (Lipinski definition) is 1. The standard InChI is InChI=1S/C28H22N2/c1-5-13-22(14-6-1)21-30-27(24-17-9-3-10-18-24)26(23-15-7-2-8-16-23)29-28(30)25-19-11-4-12-20-25/h1-20H,21H2. The Kier molecular flexibility index (Phi) is 4.97. The van der Waals surface area contributed by atoms with Crippen molar-refractivity contribution in [3.63, 3.8) is 0 Å². The number of benzene rings is 4. The van der Waals surface area contributed by atoms with Crippen molar-refractivity contribution < 1.29 is 0 Å². The largest absolute Gasteiger partial charge is 0.319 e. The molecule has 5 rings (SSSR count). The van der Waals surface area contributed by atoms with Gasteiger partial charge in [-0.25, -0.2) is 4.98 Å². The SMILES string of the molecule is c1ccc(Cn2c(-c3ccccc3)nc(-c3ccccc3)c2-c2ccccc2)cc1. The molecule has 2 heteroatoms. The van der Waals surface area contributed by atoms with Crippen molar-refractivity contribution in [1.29, 1.82) is 0 Å². The summed E-state index contributed by atoms with van der Waals surface area (Å²) in [6, 6.07) is 42.1. The van der Waals surface area contributed by atoms with Crippen LogP contribution in [0.1, 0.15) is 5.56 Å². The molecule has 0 aliphatic rings. The van der Waals surface area contributed by atoms with Gasteiger partial charge >= 0.3 is 0 Å². The third-order valence-electron chi connectivity index (χ3n) is 5.28. The Morgan fingerprint density at radius 1 is 0.500 bits per heavy atom. The van der Waals surface area contributed by atoms with Crippen LogP contribution in [0.3, 0.4) is 0 Å². The highest BCUT2D eigenvalue weighted by Gasteiger charge is 2.21. The summed E-state index contributed by atoms with van der Waals surface area (Å²) in [5.74, 6) is 0.983. The van der Waals surface area contributed by atoms with Gasteiger partial charge in [0.25, 0.3) is 0 Å². The zero-order valence-electron chi connectivity index (χ0n) is 16.6. The van der Waals surface area contributed by atoms with Crippen LogP contribution in [0.5, 0.6) is 0 Å². The number of imidazole rings is 1. The Bertz CT molecular complexity index is 1230. The van der Waals surface area contributed by atoms with Crippen molar-refractivity contribution in [2.45, 2.75) is 6.54 Å². The average molecular weight is 386 g/mol. The molecule has 2 nitrogen and oxygen atoms in total. The first-order valence-corrected chi connectivity index (χ1v) is 10.2. The lowest BCUT2D eigenvalue weighted by molar-refractivity contribution is 0.814. The zero-order chi connectivity index (χ0) is 20.2. The van der Waals surface area contributed by atoms with E-state index in [1.54, 1.807) is 0 Å². The van der Waals surface area contributed by atoms with Crippen molar-refractivity contribution >= 4 is 0 Å². The minimum atomic E-state index is 0.759. The highest BCUT2D eigenvalue weighted by atomic mass is 15.1. The third-order valence-corrected chi connectivity index (χ3v) is 5.28. The second-order valence-electron chi connectivity index (χ2n) is 7.30. The number of nitrogens with zero attached hydrogens (tertiary/aromatic N) is 2. The maximum atomic E-state index is 5.19. The van der Waals surface area contributed by atoms with E-state index in [1.807, 2.05) is 12.1 Å². The fourth-order valence-corrected chi connectivity index (χ4v) is 3.87. The van der Waals surface area contributed by atoms with Crippen LogP contribution in [0.2, 0.25) is 0 Å². The lowest BCUT2D eigenvalue weighted by Crippen LogP contribution is -2.04. The van der Waals surface area contributed by atoms with E-state index in [4.69, 9.17) is 4.98 Å². The molecule has 1 heterocycles. The van der Waals surface area contributed by atoms with Crippen molar-refractivity contribution in [2.75, 3.05) is 0 Å². The van der Waals surface area contributed by atoms with Crippen LogP contribution in [0.4, 0.5) is 0 Å². The molecule has 0 bridgehead atoms. The number of hydrogen-bond donors (Lipinski definition) is 0. The van der Waals surface area contributed by atoms with Crippen LogP contribution in [-0.4, -0.2) is 9.55 Å². The molecule has 0 saturated heterocycles. The van der Waals surface area contributed by atoms with Crippen LogP contribution in [0.25, 0.3) is 33.9 Å². The molecular weight excluding hydrogens is 364 g/mol. The Morgan fingerprint density at radius 2 is 0.967 bits per heavy atom. The summed E-state index contributed by atoms with van der Waals surface area (Å²) in [7, 11) is 0. The van der Waals surface area contributed by atoms with Gasteiger partial charge in [0.15, 0.2) is 0 Å². The molecule has 0 N–H and O–H groups in total. The van der Waals surface area contributed by atoms with Gasteiger partial charge in [-0.05, 0) is 5.56 Å². The topological polar surface area (TPSA) is 17.8 Å². The summed E-state index contributed by atoms with van der Waals surface area (Å²) >= 11 is 0. The van der Waals surface area contributed by atoms with Crippen molar-refractivity contribution in [1.82, 2.24) is 9.55 Å². The smallest absolute Gasteiger partial charge is 0.141 e. The predicted octanol–water partition coefficient (Wildman–Crippen LogP) is 6.93. The van der Waals surface area contributed by atoms with Crippen LogP contribution in [-0.2, 0) is 6.54 Å². The van der Waals surface area contributed by atoms with E-state index < -0.39 is 0 Å². The summed E-state index contributed by atoms with van der Waals surface area (Å²) in [6.45, 7) is 0.759. The summed E-state index contributed by atoms with van der Waals surface area (Å²) < 4.78 is 2.35. The fraction of sp³-hybridized carbons (Fsp3) is 0.0357. The molecule has 30 heavy (non-hydrogen) atoms. The van der Waals surface area contributed by atoms with Crippen LogP contribution in [0, 0.1) is 0 Å². The lowest BCUT2D eigenvalue weighted by atomic mass is 10.0. The van der Waals surface area contributed by atoms with Crippen molar-refractivity contribution in [2.24, 2.45) is 0 Å². The maximum Gasteiger partial charge on any atom is 0.141 e. The second-order valence-corrected chi connectivity index (χ2v) is 7.30. The van der Waals surface area contributed by atoms with Gasteiger partial charge in [-0.2, -0.15) is 0 Å². The molecule has 0 spiro atoms. The van der Waals surface area contributed by atoms with Gasteiger partial charge in [-0.15, -0.1) is 0 Å². The summed E-state index contributed by atoms with van der Waals surface area (Å²) in [6.07, 6.45) is 0. The fourth-order valence-electron chi connectivity index (χ4n) is 3.87. The Hall–Kier alpha value is -3.91. The summed E-state index contributed by atoms with van der Waals surface area (Å²) in [5.41, 5.74) is 6.82. The van der Waals surface area contributed by atoms with E-state index in [2.05, 4.69) is 114 Å². The van der Waals surface area contributed by atoms with Gasteiger partial charge in [-0.3, -0.25) is 0 Å². The number of rotatable bonds is 5. The first-order valence-electron chi connectivity index (χ1n) is 10.2. The molecule has 0 radical (unpaired) electrons. The average Bonchev–Trinajstić information content (AvgIpc) is 3.20. The van der Waals surface area contributed by atoms with Crippen molar-refractivity contribution in [3.05, 3.63) is 127 Å².